The van der Waals surface area contributed by atoms with Crippen LogP contribution >= 0.6 is 0 Å². The van der Waals surface area contributed by atoms with Gasteiger partial charge < -0.3 is 3.91 Å². The maximum absolute atomic E-state index is 2.66. The monoisotopic (exact) mass is 262 g/mol. The first-order valence-electron chi connectivity index (χ1n) is 6.15. The van der Waals surface area contributed by atoms with Gasteiger partial charge in [0.1, 0.15) is 6.21 Å². The van der Waals surface area contributed by atoms with E-state index in [1.165, 1.54) is 5.56 Å². The average Bonchev–Trinajstić information content (AvgIpc) is 2.24. The normalized spacial score (nSPS) is 13.5. The maximum Gasteiger partial charge on any atom is 0.397 e. The van der Waals surface area contributed by atoms with Gasteiger partial charge >= 0.3 is 17.9 Å². The van der Waals surface area contributed by atoms with Crippen LogP contribution in [-0.4, -0.2) is 28.0 Å². The summed E-state index contributed by atoms with van der Waals surface area (Å²) in [6.45, 7) is 14.3. The lowest BCUT2D eigenvalue weighted by molar-refractivity contribution is -0.226. The van der Waals surface area contributed by atoms with E-state index in [-0.39, 0.29) is 0 Å². The van der Waals surface area contributed by atoms with Crippen molar-refractivity contribution in [2.75, 3.05) is 0 Å². The van der Waals surface area contributed by atoms with E-state index in [4.69, 9.17) is 0 Å². The zero-order valence-corrected chi connectivity index (χ0v) is 13.9. The molecule has 1 aromatic carbocycles. The van der Waals surface area contributed by atoms with E-state index >= 15 is 0 Å². The van der Waals surface area contributed by atoms with Crippen LogP contribution in [0.25, 0.3) is 0 Å². The highest BCUT2D eigenvalue weighted by Gasteiger charge is 2.37. The molecule has 1 aromatic rings. The third kappa shape index (κ3) is 4.24. The molecule has 0 aliphatic heterocycles. The Morgan fingerprint density at radius 3 is 1.94 bits per heavy atom. The van der Waals surface area contributed by atoms with Crippen molar-refractivity contribution in [3.05, 3.63) is 35.9 Å². The van der Waals surface area contributed by atoms with Gasteiger partial charge in [-0.25, -0.2) is 0 Å². The van der Waals surface area contributed by atoms with Gasteiger partial charge in [0.2, 0.25) is 0 Å². The standard InChI is InChI=1S/C14H24NSi2/c1-14(2,3)17(6)15(16(4)5)12-13-10-8-7-9-11-13/h7-12H,1-6H3/q+1/b15-12+. The number of rotatable bonds is 3. The number of nitrogens with zero attached hydrogens (tertiary/aromatic N) is 1. The SMILES string of the molecule is C[Si](C)/[N+](=C\c1ccccc1)[Si](C)C(C)(C)C. The van der Waals surface area contributed by atoms with Crippen molar-refractivity contribution in [2.45, 2.75) is 45.5 Å². The van der Waals surface area contributed by atoms with Crippen molar-refractivity contribution in [2.24, 2.45) is 0 Å². The largest absolute Gasteiger partial charge is 0.397 e. The molecule has 0 unspecified atom stereocenters. The third-order valence-electron chi connectivity index (χ3n) is 3.01. The summed E-state index contributed by atoms with van der Waals surface area (Å²) in [7, 11) is -0.947. The first-order chi connectivity index (χ1) is 7.82. The molecule has 0 heterocycles. The van der Waals surface area contributed by atoms with Crippen LogP contribution in [0.5, 0.6) is 0 Å². The molecule has 92 valence electrons. The van der Waals surface area contributed by atoms with Gasteiger partial charge in [0.15, 0.2) is 0 Å². The predicted octanol–water partition coefficient (Wildman–Crippen LogP) is 3.79. The van der Waals surface area contributed by atoms with E-state index in [1.807, 2.05) is 0 Å². The van der Waals surface area contributed by atoms with Gasteiger partial charge in [-0.3, -0.25) is 0 Å². The second kappa shape index (κ2) is 5.78. The second-order valence-electron chi connectivity index (χ2n) is 5.69. The summed E-state index contributed by atoms with van der Waals surface area (Å²) in [6, 6.07) is 10.7. The summed E-state index contributed by atoms with van der Waals surface area (Å²) in [5.74, 6) is 0. The maximum atomic E-state index is 2.66. The first-order valence-corrected chi connectivity index (χ1v) is 10.5. The molecular weight excluding hydrogens is 238 g/mol. The zero-order chi connectivity index (χ0) is 13.1. The van der Waals surface area contributed by atoms with Crippen LogP contribution in [0.1, 0.15) is 26.3 Å². The van der Waals surface area contributed by atoms with Crippen molar-refractivity contribution in [3.8, 4) is 0 Å². The van der Waals surface area contributed by atoms with Crippen molar-refractivity contribution < 1.29 is 3.91 Å². The minimum Gasteiger partial charge on any atom is -0.383 e. The van der Waals surface area contributed by atoms with Gasteiger partial charge in [0.05, 0.1) is 0 Å². The van der Waals surface area contributed by atoms with Gasteiger partial charge in [-0.05, 0) is 31.8 Å². The highest BCUT2D eigenvalue weighted by Crippen LogP contribution is 2.27. The summed E-state index contributed by atoms with van der Waals surface area (Å²) in [4.78, 5) is 0. The summed E-state index contributed by atoms with van der Waals surface area (Å²) < 4.78 is 2.66. The molecule has 1 nitrogen and oxygen atoms in total. The molecule has 0 N–H and O–H groups in total. The van der Waals surface area contributed by atoms with Gasteiger partial charge in [0, 0.05) is 10.6 Å². The topological polar surface area (TPSA) is 3.01 Å². The van der Waals surface area contributed by atoms with Crippen molar-refractivity contribution >= 4 is 24.1 Å². The number of hydrogen-bond donors (Lipinski definition) is 0. The second-order valence-corrected chi connectivity index (χ2v) is 11.7. The Kier molecular flexibility index (Phi) is 4.89. The smallest absolute Gasteiger partial charge is 0.383 e. The molecular formula is C14H24NSi2+. The number of hydrogen-bond acceptors (Lipinski definition) is 0. The average molecular weight is 263 g/mol. The molecule has 0 saturated heterocycles. The Morgan fingerprint density at radius 2 is 1.53 bits per heavy atom. The Labute approximate surface area is 110 Å². The van der Waals surface area contributed by atoms with Crippen molar-refractivity contribution in [1.29, 1.82) is 0 Å². The van der Waals surface area contributed by atoms with E-state index in [1.54, 1.807) is 0 Å². The van der Waals surface area contributed by atoms with Crippen LogP contribution in [0.3, 0.4) is 0 Å². The molecule has 17 heavy (non-hydrogen) atoms. The highest BCUT2D eigenvalue weighted by atomic mass is 28.3. The minimum absolute atomic E-state index is 0.415. The Balaban J connectivity index is 3.06. The molecule has 0 bridgehead atoms. The summed E-state index contributed by atoms with van der Waals surface area (Å²) in [6.07, 6.45) is 2.37. The van der Waals surface area contributed by atoms with Crippen molar-refractivity contribution in [3.63, 3.8) is 0 Å². The predicted molar refractivity (Wildman–Crippen MR) is 80.7 cm³/mol. The van der Waals surface area contributed by atoms with E-state index < -0.39 is 17.9 Å². The summed E-state index contributed by atoms with van der Waals surface area (Å²) in [5.41, 5.74) is 1.33. The van der Waals surface area contributed by atoms with Crippen molar-refractivity contribution in [1.82, 2.24) is 0 Å². The lowest BCUT2D eigenvalue weighted by Crippen LogP contribution is -2.43. The van der Waals surface area contributed by atoms with Crippen LogP contribution < -0.4 is 0 Å². The highest BCUT2D eigenvalue weighted by molar-refractivity contribution is 6.63. The van der Waals surface area contributed by atoms with Crippen LogP contribution in [0.2, 0.25) is 24.7 Å². The van der Waals surface area contributed by atoms with Gasteiger partial charge in [-0.15, -0.1) is 0 Å². The first kappa shape index (κ1) is 14.4. The molecule has 0 aromatic heterocycles. The molecule has 2 radical (unpaired) electrons. The lowest BCUT2D eigenvalue weighted by Gasteiger charge is -2.23. The summed E-state index contributed by atoms with van der Waals surface area (Å²) in [5, 5.41) is 0.415. The fraction of sp³-hybridized carbons (Fsp3) is 0.500. The van der Waals surface area contributed by atoms with E-state index in [2.05, 4.69) is 80.9 Å². The lowest BCUT2D eigenvalue weighted by atomic mass is 10.2. The third-order valence-corrected chi connectivity index (χ3v) is 9.47. The van der Waals surface area contributed by atoms with E-state index in [0.29, 0.717) is 5.04 Å². The molecule has 3 heteroatoms. The Morgan fingerprint density at radius 1 is 1.00 bits per heavy atom. The van der Waals surface area contributed by atoms with Crippen LogP contribution in [0, 0.1) is 0 Å². The molecule has 1 rings (SSSR count). The molecule has 0 amide bonds. The van der Waals surface area contributed by atoms with E-state index in [0.717, 1.165) is 0 Å². The Bertz CT molecular complexity index is 377. The molecule has 0 saturated carbocycles. The van der Waals surface area contributed by atoms with Gasteiger partial charge in [-0.2, -0.15) is 0 Å². The Hall–Kier alpha value is -0.676. The zero-order valence-electron chi connectivity index (χ0n) is 11.9. The van der Waals surface area contributed by atoms with Gasteiger partial charge in [-0.1, -0.05) is 39.0 Å². The molecule has 0 fully saturated rings. The number of benzene rings is 1. The fourth-order valence-corrected chi connectivity index (χ4v) is 6.77. The minimum atomic E-state index is -0.518. The van der Waals surface area contributed by atoms with E-state index in [9.17, 15) is 0 Å². The molecule has 0 aliphatic carbocycles. The molecule has 0 atom stereocenters. The van der Waals surface area contributed by atoms with Crippen LogP contribution in [0.4, 0.5) is 0 Å². The van der Waals surface area contributed by atoms with Crippen LogP contribution in [-0.2, 0) is 0 Å². The summed E-state index contributed by atoms with van der Waals surface area (Å²) >= 11 is 0. The fourth-order valence-electron chi connectivity index (χ4n) is 1.61. The van der Waals surface area contributed by atoms with Gasteiger partial charge in [0.25, 0.3) is 0 Å². The van der Waals surface area contributed by atoms with Crippen LogP contribution in [0.15, 0.2) is 30.3 Å². The molecule has 0 aliphatic rings. The quantitative estimate of drug-likeness (QED) is 0.576. The molecule has 0 spiro atoms.